The second kappa shape index (κ2) is 11.9. The number of hydrogen-bond acceptors (Lipinski definition) is 5. The van der Waals surface area contributed by atoms with Gasteiger partial charge in [-0.05, 0) is 45.3 Å². The minimum absolute atomic E-state index is 0.136. The molecule has 0 fully saturated rings. The lowest BCUT2D eigenvalue weighted by Gasteiger charge is -2.11. The Kier molecular flexibility index (Phi) is 11.1. The number of nitrogens with two attached hydrogens (primary N) is 3. The molecule has 0 aromatic rings. The van der Waals surface area contributed by atoms with Crippen LogP contribution < -0.4 is 27.8 Å². The number of hydrogen-bond donors (Lipinski definition) is 5. The minimum atomic E-state index is -0.662. The van der Waals surface area contributed by atoms with E-state index in [9.17, 15) is 9.59 Å². The van der Waals surface area contributed by atoms with Crippen LogP contribution in [0.15, 0.2) is 0 Å². The summed E-state index contributed by atoms with van der Waals surface area (Å²) in [5, 5.41) is 6.00. The minimum Gasteiger partial charge on any atom is -0.370 e. The predicted octanol–water partition coefficient (Wildman–Crippen LogP) is -1.59. The van der Waals surface area contributed by atoms with E-state index in [-0.39, 0.29) is 12.3 Å². The van der Waals surface area contributed by atoms with Gasteiger partial charge in [0.2, 0.25) is 11.8 Å². The van der Waals surface area contributed by atoms with E-state index in [1.165, 1.54) is 0 Å². The molecule has 0 aromatic heterocycles. The van der Waals surface area contributed by atoms with E-state index in [1.807, 2.05) is 0 Å². The molecule has 112 valence electrons. The highest BCUT2D eigenvalue weighted by molar-refractivity contribution is 5.82. The third-order valence-electron chi connectivity index (χ3n) is 2.68. The Bertz CT molecular complexity index is 261. The van der Waals surface area contributed by atoms with Gasteiger partial charge < -0.3 is 27.8 Å². The first-order valence-electron chi connectivity index (χ1n) is 6.80. The summed E-state index contributed by atoms with van der Waals surface area (Å²) >= 11 is 0. The van der Waals surface area contributed by atoms with Crippen molar-refractivity contribution < 1.29 is 9.59 Å². The maximum atomic E-state index is 11.5. The van der Waals surface area contributed by atoms with Crippen LogP contribution >= 0.6 is 0 Å². The van der Waals surface area contributed by atoms with E-state index in [2.05, 4.69) is 10.6 Å². The SMILES string of the molecule is NCCCCNCCCNC(=O)[C@@H](N)CCC(N)=O. The van der Waals surface area contributed by atoms with Gasteiger partial charge in [-0.3, -0.25) is 9.59 Å². The number of rotatable bonds is 12. The number of unbranched alkanes of at least 4 members (excludes halogenated alkanes) is 1. The molecule has 7 nitrogen and oxygen atoms in total. The molecule has 0 aromatic carbocycles. The highest BCUT2D eigenvalue weighted by Gasteiger charge is 2.13. The number of carbonyl (C=O) groups excluding carboxylic acids is 2. The Hall–Kier alpha value is -1.18. The van der Waals surface area contributed by atoms with Gasteiger partial charge in [0.05, 0.1) is 6.04 Å². The van der Waals surface area contributed by atoms with E-state index in [0.717, 1.165) is 38.9 Å². The molecule has 0 spiro atoms. The van der Waals surface area contributed by atoms with Gasteiger partial charge in [0.1, 0.15) is 0 Å². The van der Waals surface area contributed by atoms with Gasteiger partial charge in [0, 0.05) is 13.0 Å². The summed E-state index contributed by atoms with van der Waals surface area (Å²) in [6.45, 7) is 3.10. The molecular formula is C12H27N5O2. The fraction of sp³-hybridized carbons (Fsp3) is 0.833. The van der Waals surface area contributed by atoms with Gasteiger partial charge >= 0.3 is 0 Å². The standard InChI is InChI=1S/C12H27N5O2/c13-6-1-2-7-16-8-3-9-17-12(19)10(14)4-5-11(15)18/h10,16H,1-9,13-14H2,(H2,15,18)(H,17,19)/t10-/m0/s1. The van der Waals surface area contributed by atoms with Crippen molar-refractivity contribution in [1.29, 1.82) is 0 Å². The topological polar surface area (TPSA) is 136 Å². The molecule has 0 unspecified atom stereocenters. The summed E-state index contributed by atoms with van der Waals surface area (Å²) in [6.07, 6.45) is 3.37. The maximum Gasteiger partial charge on any atom is 0.236 e. The zero-order valence-electron chi connectivity index (χ0n) is 11.5. The third kappa shape index (κ3) is 11.6. The number of amides is 2. The predicted molar refractivity (Wildman–Crippen MR) is 75.2 cm³/mol. The molecule has 0 aliphatic heterocycles. The van der Waals surface area contributed by atoms with Gasteiger partial charge in [-0.1, -0.05) is 0 Å². The lowest BCUT2D eigenvalue weighted by molar-refractivity contribution is -0.122. The fourth-order valence-electron chi connectivity index (χ4n) is 1.50. The van der Waals surface area contributed by atoms with Crippen molar-refractivity contribution in [3.63, 3.8) is 0 Å². The molecule has 7 heteroatoms. The second-order valence-electron chi connectivity index (χ2n) is 4.50. The van der Waals surface area contributed by atoms with Crippen LogP contribution in [-0.4, -0.2) is 44.0 Å². The number of primary amides is 1. The van der Waals surface area contributed by atoms with E-state index in [4.69, 9.17) is 17.2 Å². The van der Waals surface area contributed by atoms with Gasteiger partial charge in [-0.15, -0.1) is 0 Å². The molecule has 0 saturated heterocycles. The zero-order chi connectivity index (χ0) is 14.5. The fourth-order valence-corrected chi connectivity index (χ4v) is 1.50. The van der Waals surface area contributed by atoms with Crippen molar-refractivity contribution >= 4 is 11.8 Å². The second-order valence-corrected chi connectivity index (χ2v) is 4.50. The Labute approximate surface area is 114 Å². The van der Waals surface area contributed by atoms with Crippen LogP contribution in [0.3, 0.4) is 0 Å². The summed E-state index contributed by atoms with van der Waals surface area (Å²) in [5.41, 5.74) is 16.0. The van der Waals surface area contributed by atoms with E-state index in [1.54, 1.807) is 0 Å². The summed E-state index contributed by atoms with van der Waals surface area (Å²) in [7, 11) is 0. The first-order valence-corrected chi connectivity index (χ1v) is 6.80. The Morgan fingerprint density at radius 2 is 1.74 bits per heavy atom. The Morgan fingerprint density at radius 1 is 1.05 bits per heavy atom. The smallest absolute Gasteiger partial charge is 0.236 e. The molecular weight excluding hydrogens is 246 g/mol. The van der Waals surface area contributed by atoms with Crippen LogP contribution in [-0.2, 0) is 9.59 Å². The Balaban J connectivity index is 3.39. The van der Waals surface area contributed by atoms with Crippen LogP contribution in [0, 0.1) is 0 Å². The molecule has 8 N–H and O–H groups in total. The largest absolute Gasteiger partial charge is 0.370 e. The maximum absolute atomic E-state index is 11.5. The van der Waals surface area contributed by atoms with E-state index < -0.39 is 11.9 Å². The molecule has 1 atom stereocenters. The lowest BCUT2D eigenvalue weighted by Crippen LogP contribution is -2.41. The molecule has 0 aliphatic rings. The molecule has 0 radical (unpaired) electrons. The third-order valence-corrected chi connectivity index (χ3v) is 2.68. The van der Waals surface area contributed by atoms with Crippen LogP contribution in [0.1, 0.15) is 32.1 Å². The quantitative estimate of drug-likeness (QED) is 0.273. The van der Waals surface area contributed by atoms with Crippen LogP contribution in [0.4, 0.5) is 0 Å². The highest BCUT2D eigenvalue weighted by Crippen LogP contribution is 1.93. The summed E-state index contributed by atoms with van der Waals surface area (Å²) in [4.78, 5) is 22.1. The first kappa shape index (κ1) is 17.8. The first-order chi connectivity index (χ1) is 9.07. The lowest BCUT2D eigenvalue weighted by atomic mass is 10.1. The Morgan fingerprint density at radius 3 is 2.37 bits per heavy atom. The van der Waals surface area contributed by atoms with Crippen LogP contribution in [0.2, 0.25) is 0 Å². The molecule has 0 heterocycles. The van der Waals surface area contributed by atoms with Crippen LogP contribution in [0.5, 0.6) is 0 Å². The van der Waals surface area contributed by atoms with Gasteiger partial charge in [0.15, 0.2) is 0 Å². The van der Waals surface area contributed by atoms with Crippen molar-refractivity contribution in [2.24, 2.45) is 17.2 Å². The van der Waals surface area contributed by atoms with Crippen molar-refractivity contribution in [3.05, 3.63) is 0 Å². The number of carbonyl (C=O) groups is 2. The van der Waals surface area contributed by atoms with E-state index in [0.29, 0.717) is 13.0 Å². The molecule has 0 aliphatic carbocycles. The van der Waals surface area contributed by atoms with Gasteiger partial charge in [0.25, 0.3) is 0 Å². The van der Waals surface area contributed by atoms with Crippen molar-refractivity contribution in [2.45, 2.75) is 38.1 Å². The number of nitrogens with one attached hydrogen (secondary N) is 2. The monoisotopic (exact) mass is 273 g/mol. The zero-order valence-corrected chi connectivity index (χ0v) is 11.5. The van der Waals surface area contributed by atoms with Crippen molar-refractivity contribution in [3.8, 4) is 0 Å². The summed E-state index contributed by atoms with van der Waals surface area (Å²) in [6, 6.07) is -0.662. The summed E-state index contributed by atoms with van der Waals surface area (Å²) in [5.74, 6) is -0.672. The molecule has 19 heavy (non-hydrogen) atoms. The molecule has 2 amide bonds. The van der Waals surface area contributed by atoms with Crippen LogP contribution in [0.25, 0.3) is 0 Å². The highest BCUT2D eigenvalue weighted by atomic mass is 16.2. The average Bonchev–Trinajstić information content (AvgIpc) is 2.38. The average molecular weight is 273 g/mol. The van der Waals surface area contributed by atoms with E-state index >= 15 is 0 Å². The van der Waals surface area contributed by atoms with Crippen molar-refractivity contribution in [1.82, 2.24) is 10.6 Å². The normalized spacial score (nSPS) is 12.1. The summed E-state index contributed by atoms with van der Waals surface area (Å²) < 4.78 is 0. The molecule has 0 bridgehead atoms. The molecule has 0 rings (SSSR count). The van der Waals surface area contributed by atoms with Gasteiger partial charge in [-0.2, -0.15) is 0 Å². The van der Waals surface area contributed by atoms with Crippen molar-refractivity contribution in [2.75, 3.05) is 26.2 Å². The molecule has 0 saturated carbocycles. The van der Waals surface area contributed by atoms with Gasteiger partial charge in [-0.25, -0.2) is 0 Å².